The lowest BCUT2D eigenvalue weighted by atomic mass is 10.1. The number of nitrogens with one attached hydrogen (secondary N) is 1. The van der Waals surface area contributed by atoms with Crippen LogP contribution < -0.4 is 9.46 Å². The van der Waals surface area contributed by atoms with Gasteiger partial charge in [-0.15, -0.1) is 0 Å². The van der Waals surface area contributed by atoms with Crippen molar-refractivity contribution in [3.8, 4) is 5.88 Å². The lowest BCUT2D eigenvalue weighted by Gasteiger charge is -2.32. The van der Waals surface area contributed by atoms with Crippen LogP contribution in [0.1, 0.15) is 25.7 Å². The third-order valence-corrected chi connectivity index (χ3v) is 4.61. The molecule has 1 N–H and O–H groups in total. The zero-order valence-electron chi connectivity index (χ0n) is 13.1. The van der Waals surface area contributed by atoms with Crippen molar-refractivity contribution in [2.24, 2.45) is 5.92 Å². The van der Waals surface area contributed by atoms with Crippen LogP contribution in [0.4, 0.5) is 5.69 Å². The summed E-state index contributed by atoms with van der Waals surface area (Å²) in [6, 6.07) is 3.27. The van der Waals surface area contributed by atoms with Crippen molar-refractivity contribution in [3.63, 3.8) is 0 Å². The molecule has 1 aromatic rings. The van der Waals surface area contributed by atoms with E-state index in [2.05, 4.69) is 9.71 Å². The molecule has 1 saturated heterocycles. The number of sulfonamides is 1. The average molecular weight is 339 g/mol. The van der Waals surface area contributed by atoms with Crippen molar-refractivity contribution in [2.75, 3.05) is 24.1 Å². The van der Waals surface area contributed by atoms with E-state index < -0.39 is 10.0 Å². The van der Waals surface area contributed by atoms with Gasteiger partial charge in [-0.05, 0) is 18.9 Å². The quantitative estimate of drug-likeness (QED) is 0.872. The Bertz CT molecular complexity index is 662. The first-order valence-electron chi connectivity index (χ1n) is 7.80. The summed E-state index contributed by atoms with van der Waals surface area (Å²) in [5.74, 6) is 1.03. The molecule has 0 atom stereocenters. The third kappa shape index (κ3) is 4.57. The number of amides is 1. The second-order valence-corrected chi connectivity index (χ2v) is 7.92. The molecule has 8 heteroatoms. The van der Waals surface area contributed by atoms with Crippen LogP contribution in [0.25, 0.3) is 0 Å². The van der Waals surface area contributed by atoms with Gasteiger partial charge in [-0.3, -0.25) is 9.52 Å². The summed E-state index contributed by atoms with van der Waals surface area (Å²) in [5, 5.41) is 0. The van der Waals surface area contributed by atoms with Crippen molar-refractivity contribution >= 4 is 21.6 Å². The Labute approximate surface area is 136 Å². The van der Waals surface area contributed by atoms with E-state index in [0.29, 0.717) is 11.6 Å². The highest BCUT2D eigenvalue weighted by Gasteiger charge is 2.35. The Morgan fingerprint density at radius 3 is 2.48 bits per heavy atom. The van der Waals surface area contributed by atoms with Crippen molar-refractivity contribution in [1.82, 2.24) is 9.88 Å². The van der Waals surface area contributed by atoms with E-state index in [1.54, 1.807) is 12.1 Å². The molecule has 0 unspecified atom stereocenters. The number of hydrogen-bond acceptors (Lipinski definition) is 5. The molecule has 2 heterocycles. The fourth-order valence-corrected chi connectivity index (χ4v) is 3.23. The third-order valence-electron chi connectivity index (χ3n) is 4.01. The minimum absolute atomic E-state index is 0.0412. The first-order chi connectivity index (χ1) is 10.9. The topological polar surface area (TPSA) is 88.6 Å². The smallest absolute Gasteiger partial charge is 0.229 e. The second kappa shape index (κ2) is 6.35. The van der Waals surface area contributed by atoms with E-state index in [1.165, 1.54) is 6.20 Å². The monoisotopic (exact) mass is 339 g/mol. The molecule has 126 valence electrons. The number of piperidine rings is 1. The van der Waals surface area contributed by atoms with Gasteiger partial charge in [0.15, 0.2) is 0 Å². The Balaban J connectivity index is 1.49. The van der Waals surface area contributed by atoms with E-state index in [4.69, 9.17) is 4.74 Å². The highest BCUT2D eigenvalue weighted by molar-refractivity contribution is 7.92. The SMILES string of the molecule is CS(=O)(=O)Nc1ccc(OC2CCN(C(=O)C3CC3)CC2)nc1. The first kappa shape index (κ1) is 16.0. The number of likely N-dealkylation sites (tertiary alicyclic amines) is 1. The summed E-state index contributed by atoms with van der Waals surface area (Å²) >= 11 is 0. The van der Waals surface area contributed by atoms with E-state index in [-0.39, 0.29) is 17.9 Å². The molecule has 1 aliphatic heterocycles. The van der Waals surface area contributed by atoms with Gasteiger partial charge in [-0.25, -0.2) is 13.4 Å². The van der Waals surface area contributed by atoms with Gasteiger partial charge in [0.1, 0.15) is 6.10 Å². The number of rotatable bonds is 5. The minimum Gasteiger partial charge on any atom is -0.474 e. The number of pyridine rings is 1. The number of hydrogen-bond donors (Lipinski definition) is 1. The van der Waals surface area contributed by atoms with Crippen LogP contribution in [0.15, 0.2) is 18.3 Å². The number of ether oxygens (including phenoxy) is 1. The molecule has 1 amide bonds. The van der Waals surface area contributed by atoms with E-state index in [1.807, 2.05) is 4.90 Å². The average Bonchev–Trinajstić information content (AvgIpc) is 3.33. The predicted molar refractivity (Wildman–Crippen MR) is 85.7 cm³/mol. The Kier molecular flexibility index (Phi) is 4.43. The molecule has 0 radical (unpaired) electrons. The van der Waals surface area contributed by atoms with E-state index in [9.17, 15) is 13.2 Å². The Morgan fingerprint density at radius 1 is 1.26 bits per heavy atom. The van der Waals surface area contributed by atoms with Gasteiger partial charge in [0.25, 0.3) is 0 Å². The van der Waals surface area contributed by atoms with Crippen LogP contribution in [-0.2, 0) is 14.8 Å². The van der Waals surface area contributed by atoms with Crippen molar-refractivity contribution in [1.29, 1.82) is 0 Å². The number of aromatic nitrogens is 1. The zero-order chi connectivity index (χ0) is 16.4. The molecule has 7 nitrogen and oxygen atoms in total. The summed E-state index contributed by atoms with van der Waals surface area (Å²) in [6.07, 6.45) is 6.23. The zero-order valence-corrected chi connectivity index (χ0v) is 13.9. The largest absolute Gasteiger partial charge is 0.474 e. The maximum atomic E-state index is 12.0. The van der Waals surface area contributed by atoms with Crippen molar-refractivity contribution in [3.05, 3.63) is 18.3 Å². The number of anilines is 1. The highest BCUT2D eigenvalue weighted by Crippen LogP contribution is 2.32. The standard InChI is InChI=1S/C15H21N3O4S/c1-23(20,21)17-12-4-5-14(16-10-12)22-13-6-8-18(9-7-13)15(19)11-2-3-11/h4-5,10-11,13,17H,2-3,6-9H2,1H3. The van der Waals surface area contributed by atoms with Crippen molar-refractivity contribution in [2.45, 2.75) is 31.8 Å². The molecule has 23 heavy (non-hydrogen) atoms. The van der Waals surface area contributed by atoms with Crippen LogP contribution in [0, 0.1) is 5.92 Å². The fourth-order valence-electron chi connectivity index (χ4n) is 2.68. The molecule has 1 saturated carbocycles. The molecule has 2 aliphatic rings. The normalized spacial score (nSPS) is 19.4. The summed E-state index contributed by atoms with van der Waals surface area (Å²) in [7, 11) is -3.30. The molecule has 0 spiro atoms. The Hall–Kier alpha value is -1.83. The van der Waals surface area contributed by atoms with Gasteiger partial charge in [0, 0.05) is 37.9 Å². The van der Waals surface area contributed by atoms with E-state index >= 15 is 0 Å². The first-order valence-corrected chi connectivity index (χ1v) is 9.69. The maximum absolute atomic E-state index is 12.0. The van der Waals surface area contributed by atoms with Gasteiger partial charge in [0.05, 0.1) is 18.1 Å². The molecule has 1 aromatic heterocycles. The number of carbonyl (C=O) groups is 1. The van der Waals surface area contributed by atoms with Crippen LogP contribution in [0.5, 0.6) is 5.88 Å². The van der Waals surface area contributed by atoms with Crippen LogP contribution >= 0.6 is 0 Å². The summed E-state index contributed by atoms with van der Waals surface area (Å²) in [6.45, 7) is 1.46. The summed E-state index contributed by atoms with van der Waals surface area (Å²) in [4.78, 5) is 18.0. The summed E-state index contributed by atoms with van der Waals surface area (Å²) < 4.78 is 30.5. The summed E-state index contributed by atoms with van der Waals surface area (Å²) in [5.41, 5.74) is 0.407. The van der Waals surface area contributed by atoms with Gasteiger partial charge in [-0.1, -0.05) is 0 Å². The number of carbonyl (C=O) groups excluding carboxylic acids is 1. The molecular weight excluding hydrogens is 318 g/mol. The molecule has 0 aromatic carbocycles. The second-order valence-electron chi connectivity index (χ2n) is 6.18. The molecule has 3 rings (SSSR count). The van der Waals surface area contributed by atoms with Crippen LogP contribution in [0.3, 0.4) is 0 Å². The van der Waals surface area contributed by atoms with Crippen LogP contribution in [-0.4, -0.2) is 49.7 Å². The van der Waals surface area contributed by atoms with Crippen molar-refractivity contribution < 1.29 is 17.9 Å². The van der Waals surface area contributed by atoms with E-state index in [0.717, 1.165) is 45.0 Å². The van der Waals surface area contributed by atoms with Gasteiger partial charge < -0.3 is 9.64 Å². The number of nitrogens with zero attached hydrogens (tertiary/aromatic N) is 2. The lowest BCUT2D eigenvalue weighted by molar-refractivity contribution is -0.134. The minimum atomic E-state index is -3.30. The molecule has 2 fully saturated rings. The predicted octanol–water partition coefficient (Wildman–Crippen LogP) is 1.23. The van der Waals surface area contributed by atoms with Gasteiger partial charge in [-0.2, -0.15) is 0 Å². The molecule has 0 bridgehead atoms. The highest BCUT2D eigenvalue weighted by atomic mass is 32.2. The fraction of sp³-hybridized carbons (Fsp3) is 0.600. The Morgan fingerprint density at radius 2 is 1.96 bits per heavy atom. The van der Waals surface area contributed by atoms with Gasteiger partial charge in [0.2, 0.25) is 21.8 Å². The molecular formula is C15H21N3O4S. The lowest BCUT2D eigenvalue weighted by Crippen LogP contribution is -2.42. The van der Waals surface area contributed by atoms with Crippen LogP contribution in [0.2, 0.25) is 0 Å². The molecule has 1 aliphatic carbocycles. The van der Waals surface area contributed by atoms with Gasteiger partial charge >= 0.3 is 0 Å². The maximum Gasteiger partial charge on any atom is 0.229 e.